The Morgan fingerprint density at radius 3 is 2.18 bits per heavy atom. The van der Waals surface area contributed by atoms with Gasteiger partial charge in [-0.2, -0.15) is 0 Å². The zero-order valence-electron chi connectivity index (χ0n) is 12.2. The maximum absolute atomic E-state index is 12.3. The number of carbonyl (C=O) groups is 4. The van der Waals surface area contributed by atoms with E-state index in [2.05, 4.69) is 0 Å². The first-order valence-corrected chi connectivity index (χ1v) is 6.85. The average molecular weight is 304 g/mol. The van der Waals surface area contributed by atoms with Crippen LogP contribution >= 0.6 is 0 Å². The summed E-state index contributed by atoms with van der Waals surface area (Å²) in [6, 6.07) is 7.76. The van der Waals surface area contributed by atoms with Crippen molar-refractivity contribution < 1.29 is 23.9 Å². The van der Waals surface area contributed by atoms with E-state index >= 15 is 0 Å². The maximum Gasteiger partial charge on any atom is 0.328 e. The Kier molecular flexibility index (Phi) is 4.25. The first kappa shape index (κ1) is 15.7. The van der Waals surface area contributed by atoms with E-state index in [1.807, 2.05) is 10.6 Å². The molecule has 2 rings (SSSR count). The van der Waals surface area contributed by atoms with Crippen molar-refractivity contribution in [2.45, 2.75) is 31.8 Å². The van der Waals surface area contributed by atoms with Crippen molar-refractivity contribution >= 4 is 23.8 Å². The summed E-state index contributed by atoms with van der Waals surface area (Å²) in [7, 11) is 0. The highest BCUT2D eigenvalue weighted by molar-refractivity contribution is 6.23. The number of carbonyl (C=O) groups excluding carboxylic acids is 4. The van der Waals surface area contributed by atoms with E-state index in [1.165, 1.54) is 0 Å². The van der Waals surface area contributed by atoms with Crippen LogP contribution in [0.2, 0.25) is 0 Å². The molecule has 7 nitrogen and oxygen atoms in total. The van der Waals surface area contributed by atoms with Crippen LogP contribution in [0.1, 0.15) is 31.7 Å². The monoisotopic (exact) mass is 304 g/mol. The third-order valence-electron chi connectivity index (χ3n) is 3.60. The summed E-state index contributed by atoms with van der Waals surface area (Å²) >= 11 is 0. The lowest BCUT2D eigenvalue weighted by Crippen LogP contribution is -2.70. The molecule has 1 heterocycles. The van der Waals surface area contributed by atoms with E-state index in [0.29, 0.717) is 5.56 Å². The molecule has 0 aromatic heterocycles. The first-order chi connectivity index (χ1) is 10.4. The minimum absolute atomic E-state index is 0.00222. The van der Waals surface area contributed by atoms with Gasteiger partial charge in [0.15, 0.2) is 0 Å². The predicted octanol–water partition coefficient (Wildman–Crippen LogP) is 0.848. The molecule has 4 amide bonds. The number of hydrogen-bond acceptors (Lipinski definition) is 5. The molecule has 1 fully saturated rings. The summed E-state index contributed by atoms with van der Waals surface area (Å²) in [5.74, 6) is -3.36. The Morgan fingerprint density at radius 1 is 1.14 bits per heavy atom. The Hall–Kier alpha value is -2.70. The van der Waals surface area contributed by atoms with Crippen LogP contribution in [-0.4, -0.2) is 29.4 Å². The van der Waals surface area contributed by atoms with Crippen LogP contribution in [0, 0.1) is 0 Å². The molecule has 1 aliphatic rings. The number of esters is 1. The molecule has 0 saturated carbocycles. The molecule has 1 saturated heterocycles. The smallest absolute Gasteiger partial charge is 0.328 e. The average Bonchev–Trinajstić information content (AvgIpc) is 2.50. The van der Waals surface area contributed by atoms with Crippen LogP contribution in [0.5, 0.6) is 0 Å². The van der Waals surface area contributed by atoms with Gasteiger partial charge in [-0.1, -0.05) is 44.2 Å². The fraction of sp³-hybridized carbons (Fsp3) is 0.333. The van der Waals surface area contributed by atoms with Gasteiger partial charge in [-0.15, -0.1) is 0 Å². The van der Waals surface area contributed by atoms with Gasteiger partial charge < -0.3 is 4.74 Å². The molecule has 2 N–H and O–H groups in total. The molecular weight excluding hydrogens is 288 g/mol. The van der Waals surface area contributed by atoms with Gasteiger partial charge >= 0.3 is 12.0 Å². The molecule has 0 spiro atoms. The van der Waals surface area contributed by atoms with Crippen molar-refractivity contribution in [2.75, 3.05) is 0 Å². The molecule has 0 aliphatic carbocycles. The van der Waals surface area contributed by atoms with Gasteiger partial charge in [0.2, 0.25) is 0 Å². The van der Waals surface area contributed by atoms with E-state index in [-0.39, 0.29) is 6.42 Å². The van der Waals surface area contributed by atoms with Gasteiger partial charge in [0, 0.05) is 12.3 Å². The summed E-state index contributed by atoms with van der Waals surface area (Å²) < 4.78 is 5.20. The zero-order valence-corrected chi connectivity index (χ0v) is 12.2. The summed E-state index contributed by atoms with van der Waals surface area (Å²) in [4.78, 5) is 47.7. The normalized spacial score (nSPS) is 18.2. The Morgan fingerprint density at radius 2 is 1.68 bits per heavy atom. The second kappa shape index (κ2) is 5.97. The fourth-order valence-electron chi connectivity index (χ4n) is 2.33. The van der Waals surface area contributed by atoms with Crippen molar-refractivity contribution in [1.29, 1.82) is 0 Å². The largest absolute Gasteiger partial charge is 0.438 e. The van der Waals surface area contributed by atoms with Crippen LogP contribution in [0.15, 0.2) is 30.3 Å². The number of hydrogen-bond donors (Lipinski definition) is 2. The topological polar surface area (TPSA) is 102 Å². The molecule has 0 radical (unpaired) electrons. The number of rotatable bonds is 4. The van der Waals surface area contributed by atoms with Crippen molar-refractivity contribution in [3.63, 3.8) is 0 Å². The van der Waals surface area contributed by atoms with E-state index < -0.39 is 35.3 Å². The summed E-state index contributed by atoms with van der Waals surface area (Å²) in [6.45, 7) is 3.14. The van der Waals surface area contributed by atoms with Crippen LogP contribution in [-0.2, 0) is 19.1 Å². The Labute approximate surface area is 127 Å². The predicted molar refractivity (Wildman–Crippen MR) is 75.7 cm³/mol. The molecule has 1 aromatic rings. The van der Waals surface area contributed by atoms with Gasteiger partial charge in [0.25, 0.3) is 17.4 Å². The molecule has 1 unspecified atom stereocenters. The van der Waals surface area contributed by atoms with Crippen LogP contribution in [0.4, 0.5) is 4.79 Å². The van der Waals surface area contributed by atoms with Crippen LogP contribution in [0.25, 0.3) is 0 Å². The molecule has 7 heteroatoms. The lowest BCUT2D eigenvalue weighted by atomic mass is 9.80. The van der Waals surface area contributed by atoms with Gasteiger partial charge in [0.05, 0.1) is 0 Å². The standard InChI is InChI=1S/C15H16N2O5/c1-3-11(18)22-15(9(2)10-7-5-4-6-8-10)12(19)16-14(21)17-13(15)20/h4-9H,3H2,1-2H3,(H2,16,17,19,20,21). The van der Waals surface area contributed by atoms with E-state index in [9.17, 15) is 19.2 Å². The number of urea groups is 1. The van der Waals surface area contributed by atoms with Gasteiger partial charge in [-0.05, 0) is 5.56 Å². The minimum atomic E-state index is -2.11. The van der Waals surface area contributed by atoms with Crippen LogP contribution in [0.3, 0.4) is 0 Å². The molecule has 116 valence electrons. The molecule has 1 aliphatic heterocycles. The lowest BCUT2D eigenvalue weighted by Gasteiger charge is -2.37. The van der Waals surface area contributed by atoms with E-state index in [0.717, 1.165) is 0 Å². The third-order valence-corrected chi connectivity index (χ3v) is 3.60. The lowest BCUT2D eigenvalue weighted by molar-refractivity contribution is -0.178. The zero-order chi connectivity index (χ0) is 16.3. The first-order valence-electron chi connectivity index (χ1n) is 6.85. The highest BCUT2D eigenvalue weighted by atomic mass is 16.6. The summed E-state index contributed by atoms with van der Waals surface area (Å²) in [5.41, 5.74) is -1.48. The second-order valence-electron chi connectivity index (χ2n) is 4.93. The number of amides is 4. The molecular formula is C15H16N2O5. The Bertz CT molecular complexity index is 606. The molecule has 1 aromatic carbocycles. The number of nitrogens with one attached hydrogen (secondary N) is 2. The van der Waals surface area contributed by atoms with Crippen molar-refractivity contribution in [1.82, 2.24) is 10.6 Å². The fourth-order valence-corrected chi connectivity index (χ4v) is 2.33. The number of imide groups is 2. The van der Waals surface area contributed by atoms with Crippen molar-refractivity contribution in [3.05, 3.63) is 35.9 Å². The molecule has 1 atom stereocenters. The quantitative estimate of drug-likeness (QED) is 0.634. The molecule has 0 bridgehead atoms. The third kappa shape index (κ3) is 2.57. The SMILES string of the molecule is CCC(=O)OC1(C(C)c2ccccc2)C(=O)NC(=O)NC1=O. The minimum Gasteiger partial charge on any atom is -0.438 e. The van der Waals surface area contributed by atoms with Gasteiger partial charge in [-0.3, -0.25) is 25.0 Å². The summed E-state index contributed by atoms with van der Waals surface area (Å²) in [5, 5.41) is 3.99. The number of barbiturate groups is 1. The van der Waals surface area contributed by atoms with Gasteiger partial charge in [0.1, 0.15) is 0 Å². The molecule has 22 heavy (non-hydrogen) atoms. The second-order valence-corrected chi connectivity index (χ2v) is 4.93. The van der Waals surface area contributed by atoms with Crippen molar-refractivity contribution in [2.24, 2.45) is 0 Å². The van der Waals surface area contributed by atoms with Crippen LogP contribution < -0.4 is 10.6 Å². The summed E-state index contributed by atoms with van der Waals surface area (Å²) in [6.07, 6.45) is -0.00222. The highest BCUT2D eigenvalue weighted by Gasteiger charge is 2.58. The van der Waals surface area contributed by atoms with Gasteiger partial charge in [-0.25, -0.2) is 4.79 Å². The van der Waals surface area contributed by atoms with Crippen molar-refractivity contribution in [3.8, 4) is 0 Å². The van der Waals surface area contributed by atoms with E-state index in [4.69, 9.17) is 4.74 Å². The Balaban J connectivity index is 2.50. The highest BCUT2D eigenvalue weighted by Crippen LogP contribution is 2.34. The number of benzene rings is 1. The maximum atomic E-state index is 12.3. The number of ether oxygens (including phenoxy) is 1. The van der Waals surface area contributed by atoms with E-state index in [1.54, 1.807) is 44.2 Å².